The van der Waals surface area contributed by atoms with Gasteiger partial charge in [0.05, 0.1) is 6.61 Å². The molecule has 0 aromatic carbocycles. The average Bonchev–Trinajstić information content (AvgIpc) is 2.25. The fourth-order valence-electron chi connectivity index (χ4n) is 0.647. The quantitative estimate of drug-likeness (QED) is 0.525. The van der Waals surface area contributed by atoms with E-state index >= 15 is 0 Å². The van der Waals surface area contributed by atoms with Crippen LogP contribution in [0, 0.1) is 0 Å². The van der Waals surface area contributed by atoms with E-state index in [2.05, 4.69) is 13.2 Å². The van der Waals surface area contributed by atoms with Crippen LogP contribution in [-0.2, 0) is 4.74 Å². The molecule has 0 aromatic heterocycles. The van der Waals surface area contributed by atoms with Crippen molar-refractivity contribution in [1.82, 2.24) is 0 Å². The van der Waals surface area contributed by atoms with Gasteiger partial charge in [-0.2, -0.15) is 0 Å². The van der Waals surface area contributed by atoms with Gasteiger partial charge in [0.25, 0.3) is 0 Å². The first-order chi connectivity index (χ1) is 7.10. The molecule has 0 aliphatic rings. The van der Waals surface area contributed by atoms with Gasteiger partial charge >= 0.3 is 0 Å². The molecule has 15 heavy (non-hydrogen) atoms. The van der Waals surface area contributed by atoms with Crippen molar-refractivity contribution in [1.29, 1.82) is 0 Å². The lowest BCUT2D eigenvalue weighted by molar-refractivity contribution is 0.0329. The molecule has 1 atom stereocenters. The second-order valence-electron chi connectivity index (χ2n) is 2.74. The summed E-state index contributed by atoms with van der Waals surface area (Å²) >= 11 is 0. The van der Waals surface area contributed by atoms with Crippen LogP contribution in [0.25, 0.3) is 0 Å². The minimum absolute atomic E-state index is 0.0572. The summed E-state index contributed by atoms with van der Waals surface area (Å²) in [6.45, 7) is 12.8. The maximum absolute atomic E-state index is 8.98. The van der Waals surface area contributed by atoms with Crippen LogP contribution in [0.2, 0.25) is 0 Å². The van der Waals surface area contributed by atoms with Crippen LogP contribution in [0.4, 0.5) is 0 Å². The summed E-state index contributed by atoms with van der Waals surface area (Å²) in [5.41, 5.74) is 0.841. The summed E-state index contributed by atoms with van der Waals surface area (Å²) in [4.78, 5) is 0. The lowest BCUT2D eigenvalue weighted by atomic mass is 10.3. The molecule has 88 valence electrons. The van der Waals surface area contributed by atoms with Crippen LogP contribution >= 0.6 is 0 Å². The molecule has 0 radical (unpaired) electrons. The molecule has 0 aliphatic heterocycles. The molecule has 0 aliphatic carbocycles. The molecule has 3 nitrogen and oxygen atoms in total. The van der Waals surface area contributed by atoms with Crippen molar-refractivity contribution in [3.05, 3.63) is 36.6 Å². The van der Waals surface area contributed by atoms with Gasteiger partial charge in [-0.3, -0.25) is 0 Å². The summed E-state index contributed by atoms with van der Waals surface area (Å²) in [5.74, 6) is 0.542. The first-order valence-electron chi connectivity index (χ1n) is 5.01. The van der Waals surface area contributed by atoms with E-state index in [0.29, 0.717) is 5.76 Å². The van der Waals surface area contributed by atoms with Gasteiger partial charge in [0.2, 0.25) is 0 Å². The Bertz CT molecular complexity index is 207. The molecule has 0 heterocycles. The number of ether oxygens (including phenoxy) is 1. The van der Waals surface area contributed by atoms with Crippen LogP contribution < -0.4 is 0 Å². The zero-order chi connectivity index (χ0) is 12.3. The normalized spacial score (nSPS) is 12.2. The first-order valence-corrected chi connectivity index (χ1v) is 5.01. The number of aliphatic hydroxyl groups is 2. The Kier molecular flexibility index (Phi) is 12.0. The van der Waals surface area contributed by atoms with Crippen LogP contribution in [0.1, 0.15) is 20.8 Å². The van der Waals surface area contributed by atoms with E-state index < -0.39 is 6.10 Å². The van der Waals surface area contributed by atoms with Crippen molar-refractivity contribution in [3.63, 3.8) is 0 Å². The van der Waals surface area contributed by atoms with E-state index in [0.717, 1.165) is 5.57 Å². The molecular formula is C12H22O3. The van der Waals surface area contributed by atoms with Gasteiger partial charge in [0, 0.05) is 0 Å². The van der Waals surface area contributed by atoms with Gasteiger partial charge in [0.15, 0.2) is 0 Å². The fourth-order valence-corrected chi connectivity index (χ4v) is 0.647. The van der Waals surface area contributed by atoms with E-state index in [1.54, 1.807) is 6.08 Å². The molecule has 0 aromatic rings. The molecule has 0 spiro atoms. The first kappa shape index (κ1) is 16.4. The Hall–Kier alpha value is -1.06. The maximum atomic E-state index is 8.98. The van der Waals surface area contributed by atoms with E-state index in [9.17, 15) is 0 Å². The van der Waals surface area contributed by atoms with Gasteiger partial charge in [-0.25, -0.2) is 0 Å². The van der Waals surface area contributed by atoms with Gasteiger partial charge in [-0.05, 0) is 19.1 Å². The Labute approximate surface area is 92.4 Å². The highest BCUT2D eigenvalue weighted by Crippen LogP contribution is 2.03. The molecule has 2 N–H and O–H groups in total. The highest BCUT2D eigenvalue weighted by Gasteiger charge is 2.02. The third-order valence-electron chi connectivity index (χ3n) is 1.24. The van der Waals surface area contributed by atoms with Crippen molar-refractivity contribution in [2.45, 2.75) is 26.9 Å². The van der Waals surface area contributed by atoms with Crippen LogP contribution in [-0.4, -0.2) is 29.5 Å². The minimum Gasteiger partial charge on any atom is -0.491 e. The van der Waals surface area contributed by atoms with Crippen molar-refractivity contribution in [2.75, 3.05) is 13.2 Å². The lowest BCUT2D eigenvalue weighted by Crippen LogP contribution is -2.18. The zero-order valence-corrected chi connectivity index (χ0v) is 9.86. The molecule has 0 amide bonds. The molecule has 0 saturated heterocycles. The molecule has 0 saturated carbocycles. The minimum atomic E-state index is -0.853. The van der Waals surface area contributed by atoms with Crippen molar-refractivity contribution < 1.29 is 14.9 Å². The molecule has 0 rings (SSSR count). The predicted molar refractivity (Wildman–Crippen MR) is 63.5 cm³/mol. The van der Waals surface area contributed by atoms with Crippen LogP contribution in [0.3, 0.4) is 0 Å². The third kappa shape index (κ3) is 10.9. The summed E-state index contributed by atoms with van der Waals surface area (Å²) in [6, 6.07) is 0. The number of hydrogen-bond donors (Lipinski definition) is 2. The molecule has 0 bridgehead atoms. The monoisotopic (exact) mass is 214 g/mol. The summed E-state index contributed by atoms with van der Waals surface area (Å²) < 4.78 is 5.13. The predicted octanol–water partition coefficient (Wildman–Crippen LogP) is 2.03. The topological polar surface area (TPSA) is 49.7 Å². The van der Waals surface area contributed by atoms with E-state index in [1.165, 1.54) is 6.08 Å². The van der Waals surface area contributed by atoms with Crippen molar-refractivity contribution >= 4 is 0 Å². The Balaban J connectivity index is 0. The standard InChI is InChI=1S/C10H16O3.C2H6/c1-4-10(5-8(2)3)13-7-9(12)6-11;1-2/h4-5,9,11-12H,1-2,6-7H2,3H3;1-2H3/b10-5+;. The van der Waals surface area contributed by atoms with Crippen LogP contribution in [0.15, 0.2) is 36.6 Å². The Morgan fingerprint density at radius 2 is 2.00 bits per heavy atom. The maximum Gasteiger partial charge on any atom is 0.119 e. The molecule has 3 heteroatoms. The Morgan fingerprint density at radius 3 is 2.33 bits per heavy atom. The highest BCUT2D eigenvalue weighted by atomic mass is 16.5. The molecule has 1 unspecified atom stereocenters. The second kappa shape index (κ2) is 11.0. The zero-order valence-electron chi connectivity index (χ0n) is 9.86. The average molecular weight is 214 g/mol. The van der Waals surface area contributed by atoms with E-state index in [-0.39, 0.29) is 13.2 Å². The summed E-state index contributed by atoms with van der Waals surface area (Å²) in [6.07, 6.45) is 2.38. The second-order valence-corrected chi connectivity index (χ2v) is 2.74. The smallest absolute Gasteiger partial charge is 0.119 e. The summed E-state index contributed by atoms with van der Waals surface area (Å²) in [7, 11) is 0. The van der Waals surface area contributed by atoms with Crippen molar-refractivity contribution in [2.24, 2.45) is 0 Å². The molecule has 0 fully saturated rings. The highest BCUT2D eigenvalue weighted by molar-refractivity contribution is 5.21. The Morgan fingerprint density at radius 1 is 1.47 bits per heavy atom. The van der Waals surface area contributed by atoms with Crippen LogP contribution in [0.5, 0.6) is 0 Å². The van der Waals surface area contributed by atoms with E-state index in [4.69, 9.17) is 14.9 Å². The largest absolute Gasteiger partial charge is 0.491 e. The van der Waals surface area contributed by atoms with Crippen molar-refractivity contribution in [3.8, 4) is 0 Å². The number of rotatable bonds is 6. The SMILES string of the molecule is C=C/C(=C\C(=C)C)OCC(O)CO.CC. The number of allylic oxidation sites excluding steroid dienone is 3. The number of hydrogen-bond acceptors (Lipinski definition) is 3. The van der Waals surface area contributed by atoms with Gasteiger partial charge in [-0.1, -0.05) is 32.6 Å². The fraction of sp³-hybridized carbons (Fsp3) is 0.500. The van der Waals surface area contributed by atoms with Gasteiger partial charge in [-0.15, -0.1) is 0 Å². The van der Waals surface area contributed by atoms with Gasteiger partial charge < -0.3 is 14.9 Å². The molecular weight excluding hydrogens is 192 g/mol. The third-order valence-corrected chi connectivity index (χ3v) is 1.24. The van der Waals surface area contributed by atoms with Gasteiger partial charge in [0.1, 0.15) is 18.5 Å². The number of aliphatic hydroxyl groups excluding tert-OH is 2. The summed E-state index contributed by atoms with van der Waals surface area (Å²) in [5, 5.41) is 17.5. The lowest BCUT2D eigenvalue weighted by Gasteiger charge is -2.10. The van der Waals surface area contributed by atoms with E-state index in [1.807, 2.05) is 20.8 Å².